The Labute approximate surface area is 110 Å². The van der Waals surface area contributed by atoms with Crippen LogP contribution in [0.25, 0.3) is 0 Å². The van der Waals surface area contributed by atoms with Gasteiger partial charge < -0.3 is 26.3 Å². The maximum absolute atomic E-state index is 11.8. The molecule has 7 nitrogen and oxygen atoms in total. The number of primary amides is 1. The van der Waals surface area contributed by atoms with Gasteiger partial charge in [0.1, 0.15) is 12.4 Å². The van der Waals surface area contributed by atoms with Crippen molar-refractivity contribution in [1.82, 2.24) is 5.32 Å². The third kappa shape index (κ3) is 4.84. The van der Waals surface area contributed by atoms with Crippen molar-refractivity contribution in [3.63, 3.8) is 0 Å². The van der Waals surface area contributed by atoms with Gasteiger partial charge in [0.15, 0.2) is 0 Å². The van der Waals surface area contributed by atoms with E-state index in [1.54, 1.807) is 18.2 Å². The molecule has 1 aromatic carbocycles. The summed E-state index contributed by atoms with van der Waals surface area (Å²) >= 11 is 0. The van der Waals surface area contributed by atoms with Crippen LogP contribution in [0, 0.1) is 0 Å². The van der Waals surface area contributed by atoms with Gasteiger partial charge in [0.05, 0.1) is 19.3 Å². The number of anilines is 1. The fourth-order valence-electron chi connectivity index (χ4n) is 1.38. The van der Waals surface area contributed by atoms with Crippen LogP contribution in [0.5, 0.6) is 5.75 Å². The van der Waals surface area contributed by atoms with Crippen LogP contribution in [-0.4, -0.2) is 38.7 Å². The van der Waals surface area contributed by atoms with Crippen molar-refractivity contribution in [3.05, 3.63) is 23.8 Å². The zero-order valence-electron chi connectivity index (χ0n) is 10.6. The number of ether oxygens (including phenoxy) is 2. The topological polar surface area (TPSA) is 117 Å². The zero-order valence-corrected chi connectivity index (χ0v) is 10.6. The smallest absolute Gasteiger partial charge is 0.253 e. The lowest BCUT2D eigenvalue weighted by atomic mass is 10.1. The van der Waals surface area contributed by atoms with E-state index in [9.17, 15) is 9.59 Å². The highest BCUT2D eigenvalue weighted by Crippen LogP contribution is 2.19. The highest BCUT2D eigenvalue weighted by atomic mass is 16.5. The molecule has 104 valence electrons. The number of hydrogen-bond donors (Lipinski definition) is 3. The number of benzene rings is 1. The summed E-state index contributed by atoms with van der Waals surface area (Å²) in [6.07, 6.45) is 0. The zero-order chi connectivity index (χ0) is 14.3. The molecule has 0 aromatic heterocycles. The molecule has 7 heteroatoms. The van der Waals surface area contributed by atoms with E-state index in [1.165, 1.54) is 7.11 Å². The average molecular weight is 267 g/mol. The summed E-state index contributed by atoms with van der Waals surface area (Å²) in [5.74, 6) is -0.285. The van der Waals surface area contributed by atoms with Crippen LogP contribution in [0.3, 0.4) is 0 Å². The Morgan fingerprint density at radius 3 is 2.68 bits per heavy atom. The molecule has 2 amide bonds. The van der Waals surface area contributed by atoms with Crippen molar-refractivity contribution >= 4 is 17.5 Å². The average Bonchev–Trinajstić information content (AvgIpc) is 2.37. The molecule has 0 bridgehead atoms. The molecule has 0 aliphatic rings. The minimum absolute atomic E-state index is 0.166. The SMILES string of the molecule is COc1ccc(C(=O)NCCOCC(N)=O)c(N)c1. The van der Waals surface area contributed by atoms with Crippen molar-refractivity contribution in [3.8, 4) is 5.75 Å². The number of hydrogen-bond acceptors (Lipinski definition) is 5. The largest absolute Gasteiger partial charge is 0.497 e. The monoisotopic (exact) mass is 267 g/mol. The summed E-state index contributed by atoms with van der Waals surface area (Å²) in [6.45, 7) is 0.295. The predicted octanol–water partition coefficient (Wildman–Crippen LogP) is -0.491. The number of nitrogens with one attached hydrogen (secondary N) is 1. The fourth-order valence-corrected chi connectivity index (χ4v) is 1.38. The summed E-state index contributed by atoms with van der Waals surface area (Å²) in [4.78, 5) is 22.2. The molecule has 0 fully saturated rings. The second kappa shape index (κ2) is 7.22. The summed E-state index contributed by atoms with van der Waals surface area (Å²) < 4.78 is 9.90. The number of carbonyl (C=O) groups is 2. The van der Waals surface area contributed by atoms with E-state index in [0.29, 0.717) is 17.0 Å². The maximum atomic E-state index is 11.8. The minimum Gasteiger partial charge on any atom is -0.497 e. The third-order valence-electron chi connectivity index (χ3n) is 2.28. The van der Waals surface area contributed by atoms with Crippen molar-refractivity contribution in [1.29, 1.82) is 0 Å². The molecule has 0 spiro atoms. The summed E-state index contributed by atoms with van der Waals surface area (Å²) in [5.41, 5.74) is 11.3. The number of methoxy groups -OCH3 is 1. The van der Waals surface area contributed by atoms with Gasteiger partial charge in [0, 0.05) is 18.3 Å². The Balaban J connectivity index is 2.43. The van der Waals surface area contributed by atoms with Gasteiger partial charge in [-0.05, 0) is 12.1 Å². The van der Waals surface area contributed by atoms with E-state index in [-0.39, 0.29) is 25.7 Å². The van der Waals surface area contributed by atoms with Crippen LogP contribution in [0.4, 0.5) is 5.69 Å². The third-order valence-corrected chi connectivity index (χ3v) is 2.28. The van der Waals surface area contributed by atoms with E-state index in [4.69, 9.17) is 20.9 Å². The molecular weight excluding hydrogens is 250 g/mol. The van der Waals surface area contributed by atoms with Gasteiger partial charge >= 0.3 is 0 Å². The maximum Gasteiger partial charge on any atom is 0.253 e. The Hall–Kier alpha value is -2.28. The molecule has 0 unspecified atom stereocenters. The highest BCUT2D eigenvalue weighted by molar-refractivity contribution is 5.99. The van der Waals surface area contributed by atoms with Crippen LogP contribution in [0.2, 0.25) is 0 Å². The molecule has 0 saturated heterocycles. The van der Waals surface area contributed by atoms with Crippen molar-refractivity contribution in [2.24, 2.45) is 5.73 Å². The summed E-state index contributed by atoms with van der Waals surface area (Å²) in [7, 11) is 1.52. The van der Waals surface area contributed by atoms with Crippen LogP contribution < -0.4 is 21.5 Å². The quantitative estimate of drug-likeness (QED) is 0.455. The van der Waals surface area contributed by atoms with Crippen LogP contribution in [-0.2, 0) is 9.53 Å². The lowest BCUT2D eigenvalue weighted by Gasteiger charge is -2.09. The number of carbonyl (C=O) groups excluding carboxylic acids is 2. The predicted molar refractivity (Wildman–Crippen MR) is 69.8 cm³/mol. The van der Waals surface area contributed by atoms with E-state index in [0.717, 1.165) is 0 Å². The number of rotatable bonds is 7. The standard InChI is InChI=1S/C12H17N3O4/c1-18-8-2-3-9(10(13)6-8)12(17)15-4-5-19-7-11(14)16/h2-3,6H,4-5,7,13H2,1H3,(H2,14,16)(H,15,17). The molecule has 1 rings (SSSR count). The molecule has 19 heavy (non-hydrogen) atoms. The Morgan fingerprint density at radius 2 is 2.11 bits per heavy atom. The summed E-state index contributed by atoms with van der Waals surface area (Å²) in [6, 6.07) is 4.79. The normalized spacial score (nSPS) is 9.95. The van der Waals surface area contributed by atoms with Crippen LogP contribution >= 0.6 is 0 Å². The van der Waals surface area contributed by atoms with E-state index in [1.807, 2.05) is 0 Å². The number of nitrogen functional groups attached to an aromatic ring is 1. The molecule has 0 atom stereocenters. The first-order chi connectivity index (χ1) is 9.04. The minimum atomic E-state index is -0.550. The first kappa shape index (κ1) is 14.8. The molecule has 5 N–H and O–H groups in total. The second-order valence-electron chi connectivity index (χ2n) is 3.73. The van der Waals surface area contributed by atoms with E-state index in [2.05, 4.69) is 5.32 Å². The highest BCUT2D eigenvalue weighted by Gasteiger charge is 2.09. The van der Waals surface area contributed by atoms with E-state index >= 15 is 0 Å². The van der Waals surface area contributed by atoms with Gasteiger partial charge in [-0.1, -0.05) is 0 Å². The molecule has 1 aromatic rings. The van der Waals surface area contributed by atoms with E-state index < -0.39 is 5.91 Å². The van der Waals surface area contributed by atoms with Gasteiger partial charge in [-0.15, -0.1) is 0 Å². The van der Waals surface area contributed by atoms with Crippen molar-refractivity contribution in [2.45, 2.75) is 0 Å². The molecule has 0 aliphatic heterocycles. The number of amides is 2. The van der Waals surface area contributed by atoms with Gasteiger partial charge in [-0.25, -0.2) is 0 Å². The first-order valence-electron chi connectivity index (χ1n) is 5.62. The van der Waals surface area contributed by atoms with Crippen LogP contribution in [0.1, 0.15) is 10.4 Å². The van der Waals surface area contributed by atoms with Gasteiger partial charge in [-0.2, -0.15) is 0 Å². The fraction of sp³-hybridized carbons (Fsp3) is 0.333. The number of nitrogens with two attached hydrogens (primary N) is 2. The molecule has 0 radical (unpaired) electrons. The van der Waals surface area contributed by atoms with Crippen molar-refractivity contribution < 1.29 is 19.1 Å². The van der Waals surface area contributed by atoms with Gasteiger partial charge in [0.2, 0.25) is 5.91 Å². The Bertz CT molecular complexity index is 462. The lowest BCUT2D eigenvalue weighted by Crippen LogP contribution is -2.29. The molecular formula is C12H17N3O4. The Kier molecular flexibility index (Phi) is 5.62. The molecule has 0 saturated carbocycles. The molecule has 0 heterocycles. The van der Waals surface area contributed by atoms with Crippen LogP contribution in [0.15, 0.2) is 18.2 Å². The van der Waals surface area contributed by atoms with Gasteiger partial charge in [0.25, 0.3) is 5.91 Å². The second-order valence-corrected chi connectivity index (χ2v) is 3.73. The molecule has 0 aliphatic carbocycles. The Morgan fingerprint density at radius 1 is 1.37 bits per heavy atom. The summed E-state index contributed by atoms with van der Waals surface area (Å²) in [5, 5.41) is 2.61. The lowest BCUT2D eigenvalue weighted by molar-refractivity contribution is -0.122. The van der Waals surface area contributed by atoms with Crippen molar-refractivity contribution in [2.75, 3.05) is 32.6 Å². The van der Waals surface area contributed by atoms with Gasteiger partial charge in [-0.3, -0.25) is 9.59 Å². The first-order valence-corrected chi connectivity index (χ1v) is 5.62.